The highest BCUT2D eigenvalue weighted by Gasteiger charge is 2.20. The molecule has 6 nitrogen and oxygen atoms in total. The SMILES string of the molecule is CCCCCCCC/C=C\CCCCCCCC(=O)OCCCCCCCCCCCCCCCCCCCCCCCCCCCCCCCCC(=O)NC(CO)C(O)CCCCCCCCCCCCCCCCCCCCCCCCCCC. The molecule has 6 heteroatoms. The number of esters is 1. The highest BCUT2D eigenvalue weighted by molar-refractivity contribution is 5.76. The fraction of sp³-hybridized carbons (Fsp3) is 0.951. The fourth-order valence-corrected chi connectivity index (χ4v) is 13.2. The second-order valence-electron chi connectivity index (χ2n) is 28.1. The van der Waals surface area contributed by atoms with Crippen molar-refractivity contribution in [3.05, 3.63) is 12.2 Å². The Bertz CT molecular complexity index is 1320. The Kier molecular flexibility index (Phi) is 75.8. The van der Waals surface area contributed by atoms with E-state index < -0.39 is 12.1 Å². The Hall–Kier alpha value is -1.40. The number of hydrogen-bond acceptors (Lipinski definition) is 5. The summed E-state index contributed by atoms with van der Waals surface area (Å²) < 4.78 is 5.50. The van der Waals surface area contributed by atoms with Gasteiger partial charge in [-0.2, -0.15) is 0 Å². The minimum atomic E-state index is -0.663. The van der Waals surface area contributed by atoms with E-state index in [4.69, 9.17) is 4.74 Å². The van der Waals surface area contributed by atoms with Crippen LogP contribution in [0.3, 0.4) is 0 Å². The molecule has 0 aromatic carbocycles. The Morgan fingerprint density at radius 2 is 0.540 bits per heavy atom. The molecular formula is C81H159NO5. The zero-order valence-corrected chi connectivity index (χ0v) is 59.5. The predicted octanol–water partition coefficient (Wildman–Crippen LogP) is 26.7. The van der Waals surface area contributed by atoms with Gasteiger partial charge in [-0.1, -0.05) is 418 Å². The third-order valence-electron chi connectivity index (χ3n) is 19.3. The maximum absolute atomic E-state index is 12.6. The van der Waals surface area contributed by atoms with Gasteiger partial charge in [-0.05, 0) is 51.4 Å². The first-order valence-electron chi connectivity index (χ1n) is 40.4. The van der Waals surface area contributed by atoms with Crippen molar-refractivity contribution in [3.63, 3.8) is 0 Å². The minimum Gasteiger partial charge on any atom is -0.466 e. The lowest BCUT2D eigenvalue weighted by Gasteiger charge is -2.22. The number of allylic oxidation sites excluding steroid dienone is 2. The zero-order chi connectivity index (χ0) is 62.8. The molecule has 0 aromatic heterocycles. The molecule has 0 aromatic rings. The fourth-order valence-electron chi connectivity index (χ4n) is 13.2. The van der Waals surface area contributed by atoms with E-state index in [1.165, 1.54) is 392 Å². The van der Waals surface area contributed by atoms with Crippen molar-refractivity contribution >= 4 is 11.9 Å². The van der Waals surface area contributed by atoms with Crippen LogP contribution in [-0.2, 0) is 14.3 Å². The van der Waals surface area contributed by atoms with Crippen molar-refractivity contribution in [2.75, 3.05) is 13.2 Å². The first-order valence-corrected chi connectivity index (χ1v) is 40.4. The summed E-state index contributed by atoms with van der Waals surface area (Å²) in [6.45, 7) is 5.00. The van der Waals surface area contributed by atoms with Gasteiger partial charge in [-0.3, -0.25) is 9.59 Å². The summed E-state index contributed by atoms with van der Waals surface area (Å²) in [4.78, 5) is 24.7. The zero-order valence-electron chi connectivity index (χ0n) is 59.5. The van der Waals surface area contributed by atoms with Gasteiger partial charge in [0.1, 0.15) is 0 Å². The number of nitrogens with one attached hydrogen (secondary N) is 1. The lowest BCUT2D eigenvalue weighted by molar-refractivity contribution is -0.143. The molecular weight excluding hydrogens is 1070 g/mol. The molecule has 0 saturated heterocycles. The van der Waals surface area contributed by atoms with Crippen LogP contribution in [0.5, 0.6) is 0 Å². The van der Waals surface area contributed by atoms with Gasteiger partial charge in [0, 0.05) is 12.8 Å². The van der Waals surface area contributed by atoms with Crippen molar-refractivity contribution in [2.24, 2.45) is 0 Å². The van der Waals surface area contributed by atoms with Gasteiger partial charge in [-0.15, -0.1) is 0 Å². The second-order valence-corrected chi connectivity index (χ2v) is 28.1. The number of ether oxygens (including phenoxy) is 1. The van der Waals surface area contributed by atoms with Crippen molar-refractivity contribution < 1.29 is 24.5 Å². The summed E-state index contributed by atoms with van der Waals surface area (Å²) in [7, 11) is 0. The largest absolute Gasteiger partial charge is 0.466 e. The van der Waals surface area contributed by atoms with E-state index in [1.807, 2.05) is 0 Å². The molecule has 0 aliphatic carbocycles. The minimum absolute atomic E-state index is 0.0136. The highest BCUT2D eigenvalue weighted by Crippen LogP contribution is 2.21. The number of aliphatic hydroxyl groups is 2. The van der Waals surface area contributed by atoms with E-state index in [1.54, 1.807) is 0 Å². The van der Waals surface area contributed by atoms with Crippen molar-refractivity contribution in [1.29, 1.82) is 0 Å². The smallest absolute Gasteiger partial charge is 0.305 e. The van der Waals surface area contributed by atoms with Crippen molar-refractivity contribution in [1.82, 2.24) is 5.32 Å². The van der Waals surface area contributed by atoms with Gasteiger partial charge in [0.15, 0.2) is 0 Å². The molecule has 0 saturated carbocycles. The van der Waals surface area contributed by atoms with Crippen LogP contribution in [0.25, 0.3) is 0 Å². The van der Waals surface area contributed by atoms with Gasteiger partial charge < -0.3 is 20.3 Å². The summed E-state index contributed by atoms with van der Waals surface area (Å²) in [6, 6.07) is -0.539. The summed E-state index contributed by atoms with van der Waals surface area (Å²) in [5.74, 6) is -0.0111. The predicted molar refractivity (Wildman–Crippen MR) is 384 cm³/mol. The lowest BCUT2D eigenvalue weighted by atomic mass is 10.0. The number of unbranched alkanes of at least 4 members (excludes halogenated alkanes) is 64. The number of aliphatic hydroxyl groups excluding tert-OH is 2. The Labute approximate surface area is 546 Å². The van der Waals surface area contributed by atoms with Crippen molar-refractivity contribution in [3.8, 4) is 0 Å². The van der Waals surface area contributed by atoms with Gasteiger partial charge in [-0.25, -0.2) is 0 Å². The molecule has 1 amide bonds. The van der Waals surface area contributed by atoms with E-state index >= 15 is 0 Å². The van der Waals surface area contributed by atoms with E-state index in [9.17, 15) is 19.8 Å². The molecule has 87 heavy (non-hydrogen) atoms. The normalized spacial score (nSPS) is 12.5. The van der Waals surface area contributed by atoms with Gasteiger partial charge in [0.05, 0.1) is 25.4 Å². The van der Waals surface area contributed by atoms with Gasteiger partial charge >= 0.3 is 5.97 Å². The molecule has 0 aliphatic heterocycles. The average molecular weight is 1230 g/mol. The standard InChI is InChI=1S/C81H159NO5/c1-3-5-7-9-11-13-15-17-19-20-21-22-23-30-33-36-39-42-46-49-53-57-61-65-69-73-79(84)78(77-83)82-80(85)74-70-66-62-58-54-50-47-43-40-37-34-31-28-26-24-25-27-29-32-35-38-41-44-48-52-56-60-64-68-72-76-87-81(86)75-71-67-63-59-55-51-45-18-16-14-12-10-8-6-4-2/h18,45,78-79,83-84H,3-17,19-44,46-77H2,1-2H3,(H,82,85)/b45-18-. The van der Waals surface area contributed by atoms with Crippen LogP contribution in [0.15, 0.2) is 12.2 Å². The van der Waals surface area contributed by atoms with Gasteiger partial charge in [0.2, 0.25) is 5.91 Å². The van der Waals surface area contributed by atoms with Crippen LogP contribution in [0.4, 0.5) is 0 Å². The first-order chi connectivity index (χ1) is 43.0. The molecule has 2 unspecified atom stereocenters. The maximum atomic E-state index is 12.6. The van der Waals surface area contributed by atoms with E-state index in [0.717, 1.165) is 44.9 Å². The summed E-state index contributed by atoms with van der Waals surface area (Å²) in [5.41, 5.74) is 0. The van der Waals surface area contributed by atoms with E-state index in [0.29, 0.717) is 25.9 Å². The molecule has 0 radical (unpaired) electrons. The molecule has 0 spiro atoms. The molecule has 0 bridgehead atoms. The molecule has 3 N–H and O–H groups in total. The highest BCUT2D eigenvalue weighted by atomic mass is 16.5. The molecule has 518 valence electrons. The van der Waals surface area contributed by atoms with E-state index in [2.05, 4.69) is 31.3 Å². The molecule has 0 rings (SSSR count). The lowest BCUT2D eigenvalue weighted by Crippen LogP contribution is -2.45. The molecule has 0 heterocycles. The van der Waals surface area contributed by atoms with Crippen LogP contribution in [0.2, 0.25) is 0 Å². The maximum Gasteiger partial charge on any atom is 0.305 e. The molecule has 0 aliphatic rings. The number of carbonyl (C=O) groups excluding carboxylic acids is 2. The van der Waals surface area contributed by atoms with Gasteiger partial charge in [0.25, 0.3) is 0 Å². The Morgan fingerprint density at radius 3 is 0.816 bits per heavy atom. The second kappa shape index (κ2) is 77.1. The van der Waals surface area contributed by atoms with Crippen LogP contribution in [0, 0.1) is 0 Å². The Morgan fingerprint density at radius 1 is 0.310 bits per heavy atom. The van der Waals surface area contributed by atoms with Crippen LogP contribution < -0.4 is 5.32 Å². The van der Waals surface area contributed by atoms with Crippen molar-refractivity contribution in [2.45, 2.75) is 482 Å². The Balaban J connectivity index is 3.33. The van der Waals surface area contributed by atoms with Crippen LogP contribution in [-0.4, -0.2) is 47.4 Å². The first kappa shape index (κ1) is 85.6. The monoisotopic (exact) mass is 1230 g/mol. The third kappa shape index (κ3) is 73.5. The molecule has 2 atom stereocenters. The van der Waals surface area contributed by atoms with E-state index in [-0.39, 0.29) is 18.5 Å². The average Bonchev–Trinajstić information content (AvgIpc) is 3.52. The quantitative estimate of drug-likeness (QED) is 0.0320. The number of amides is 1. The molecule has 0 fully saturated rings. The third-order valence-corrected chi connectivity index (χ3v) is 19.3. The summed E-state index contributed by atoms with van der Waals surface area (Å²) in [5, 5.41) is 23.5. The summed E-state index contributed by atoms with van der Waals surface area (Å²) >= 11 is 0. The summed E-state index contributed by atoms with van der Waals surface area (Å²) in [6.07, 6.45) is 97.4. The van der Waals surface area contributed by atoms with Crippen LogP contribution >= 0.6 is 0 Å². The topological polar surface area (TPSA) is 95.9 Å². The number of carbonyl (C=O) groups is 2. The van der Waals surface area contributed by atoms with Crippen LogP contribution in [0.1, 0.15) is 470 Å². The number of rotatable bonds is 77. The number of hydrogen-bond donors (Lipinski definition) is 3.